The topological polar surface area (TPSA) is 127 Å². The summed E-state index contributed by atoms with van der Waals surface area (Å²) >= 11 is 0. The number of ether oxygens (including phenoxy) is 2. The first kappa shape index (κ1) is 23.3. The van der Waals surface area contributed by atoms with Crippen molar-refractivity contribution in [3.63, 3.8) is 0 Å². The molecule has 9 nitrogen and oxygen atoms in total. The minimum atomic E-state index is -1.33. The molecule has 0 saturated heterocycles. The number of alkyl carbamates (subject to hydrolysis) is 1. The highest BCUT2D eigenvalue weighted by Gasteiger charge is 2.28. The molecule has 1 heterocycles. The van der Waals surface area contributed by atoms with Crippen LogP contribution in [-0.2, 0) is 20.8 Å². The van der Waals surface area contributed by atoms with E-state index in [1.165, 1.54) is 6.92 Å². The van der Waals surface area contributed by atoms with Gasteiger partial charge in [0.25, 0.3) is 5.91 Å². The first-order valence-electron chi connectivity index (χ1n) is 8.71. The number of nitrogens with one attached hydrogen (secondary N) is 2. The quantitative estimate of drug-likeness (QED) is 0.590. The van der Waals surface area contributed by atoms with Gasteiger partial charge in [0.2, 0.25) is 0 Å². The van der Waals surface area contributed by atoms with Gasteiger partial charge in [-0.1, -0.05) is 0 Å². The number of esters is 1. The lowest BCUT2D eigenvalue weighted by molar-refractivity contribution is -0.148. The highest BCUT2D eigenvalue weighted by atomic mass is 19.1. The van der Waals surface area contributed by atoms with Gasteiger partial charge >= 0.3 is 12.1 Å². The van der Waals surface area contributed by atoms with Gasteiger partial charge in [-0.3, -0.25) is 4.79 Å². The molecule has 156 valence electrons. The maximum absolute atomic E-state index is 13.9. The molecule has 28 heavy (non-hydrogen) atoms. The summed E-state index contributed by atoms with van der Waals surface area (Å²) in [6.45, 7) is 7.85. The van der Waals surface area contributed by atoms with E-state index < -0.39 is 41.5 Å². The molecule has 3 N–H and O–H groups in total. The van der Waals surface area contributed by atoms with Crippen LogP contribution in [0.15, 0.2) is 12.1 Å². The van der Waals surface area contributed by atoms with E-state index in [9.17, 15) is 23.9 Å². The molecule has 0 aromatic carbocycles. The smallest absolute Gasteiger partial charge is 0.407 e. The number of carbonyl (C=O) groups excluding carboxylic acids is 3. The van der Waals surface area contributed by atoms with Crippen LogP contribution in [0.3, 0.4) is 0 Å². The highest BCUT2D eigenvalue weighted by molar-refractivity contribution is 5.95. The van der Waals surface area contributed by atoms with Crippen molar-refractivity contribution < 1.29 is 33.4 Å². The Morgan fingerprint density at radius 2 is 1.93 bits per heavy atom. The van der Waals surface area contributed by atoms with Crippen LogP contribution in [0, 0.1) is 5.82 Å². The Morgan fingerprint density at radius 1 is 1.29 bits per heavy atom. The van der Waals surface area contributed by atoms with Crippen LogP contribution in [0.5, 0.6) is 0 Å². The van der Waals surface area contributed by atoms with Gasteiger partial charge in [-0.2, -0.15) is 0 Å². The van der Waals surface area contributed by atoms with Gasteiger partial charge < -0.3 is 25.2 Å². The minimum Gasteiger partial charge on any atom is -0.464 e. The first-order valence-corrected chi connectivity index (χ1v) is 8.71. The molecule has 0 radical (unpaired) electrons. The van der Waals surface area contributed by atoms with E-state index in [-0.39, 0.29) is 24.5 Å². The van der Waals surface area contributed by atoms with Crippen molar-refractivity contribution in [3.8, 4) is 0 Å². The molecule has 0 spiro atoms. The van der Waals surface area contributed by atoms with Gasteiger partial charge in [-0.05, 0) is 40.7 Å². The van der Waals surface area contributed by atoms with Crippen LogP contribution in [0.4, 0.5) is 9.18 Å². The number of amides is 2. The lowest BCUT2D eigenvalue weighted by Gasteiger charge is -2.20. The van der Waals surface area contributed by atoms with E-state index in [4.69, 9.17) is 9.47 Å². The van der Waals surface area contributed by atoms with Gasteiger partial charge in [-0.25, -0.2) is 19.0 Å². The third kappa shape index (κ3) is 7.87. The van der Waals surface area contributed by atoms with Crippen LogP contribution in [0.1, 0.15) is 50.8 Å². The highest BCUT2D eigenvalue weighted by Crippen LogP contribution is 2.09. The Morgan fingerprint density at radius 3 is 2.46 bits per heavy atom. The third-order valence-corrected chi connectivity index (χ3v) is 3.20. The lowest BCUT2D eigenvalue weighted by atomic mass is 10.1. The lowest BCUT2D eigenvalue weighted by Crippen LogP contribution is -2.48. The summed E-state index contributed by atoms with van der Waals surface area (Å²) in [6.07, 6.45) is -1.95. The van der Waals surface area contributed by atoms with Crippen molar-refractivity contribution in [2.24, 2.45) is 0 Å². The molecular weight excluding hydrogens is 373 g/mol. The Balaban J connectivity index is 2.87. The molecule has 0 fully saturated rings. The standard InChI is InChI=1S/C18H26FN3O6/c1-6-27-16(25)14(10(2)23)22-15(24)13-8-11(19)7-12(21-13)9-20-17(26)28-18(3,4)5/h7-8,10,14,23H,6,9H2,1-5H3,(H,20,26)(H,22,24). The maximum atomic E-state index is 13.9. The largest absolute Gasteiger partial charge is 0.464 e. The summed E-state index contributed by atoms with van der Waals surface area (Å²) in [4.78, 5) is 39.8. The SMILES string of the molecule is CCOC(=O)C(NC(=O)c1cc(F)cc(CNC(=O)OC(C)(C)C)n1)C(C)O. The van der Waals surface area contributed by atoms with Crippen molar-refractivity contribution in [1.29, 1.82) is 0 Å². The Hall–Kier alpha value is -2.75. The predicted molar refractivity (Wildman–Crippen MR) is 96.8 cm³/mol. The zero-order valence-corrected chi connectivity index (χ0v) is 16.5. The van der Waals surface area contributed by atoms with Gasteiger partial charge in [0.05, 0.1) is 24.9 Å². The Bertz CT molecular complexity index is 718. The summed E-state index contributed by atoms with van der Waals surface area (Å²) in [5.41, 5.74) is -0.954. The summed E-state index contributed by atoms with van der Waals surface area (Å²) < 4.78 is 23.7. The van der Waals surface area contributed by atoms with Crippen molar-refractivity contribution in [2.45, 2.75) is 58.9 Å². The van der Waals surface area contributed by atoms with E-state index in [0.29, 0.717) is 0 Å². The first-order chi connectivity index (χ1) is 12.9. The minimum absolute atomic E-state index is 0.0661. The van der Waals surface area contributed by atoms with Crippen molar-refractivity contribution in [2.75, 3.05) is 6.61 Å². The van der Waals surface area contributed by atoms with Crippen molar-refractivity contribution in [3.05, 3.63) is 29.3 Å². The molecule has 10 heteroatoms. The third-order valence-electron chi connectivity index (χ3n) is 3.20. The number of hydrogen-bond donors (Lipinski definition) is 3. The molecule has 2 unspecified atom stereocenters. The number of carbonyl (C=O) groups is 3. The summed E-state index contributed by atoms with van der Waals surface area (Å²) in [6, 6.07) is 0.586. The zero-order valence-electron chi connectivity index (χ0n) is 16.5. The molecule has 0 aliphatic rings. The normalized spacial score (nSPS) is 13.2. The summed E-state index contributed by atoms with van der Waals surface area (Å²) in [5, 5.41) is 14.4. The van der Waals surface area contributed by atoms with E-state index in [0.717, 1.165) is 12.1 Å². The summed E-state index contributed by atoms with van der Waals surface area (Å²) in [7, 11) is 0. The van der Waals surface area contributed by atoms with Crippen LogP contribution < -0.4 is 10.6 Å². The Kier molecular flexibility index (Phi) is 8.30. The van der Waals surface area contributed by atoms with Crippen LogP contribution >= 0.6 is 0 Å². The predicted octanol–water partition coefficient (Wildman–Crippen LogP) is 1.29. The zero-order chi connectivity index (χ0) is 21.5. The number of pyridine rings is 1. The van der Waals surface area contributed by atoms with Gasteiger partial charge in [0.1, 0.15) is 17.1 Å². The molecule has 0 aliphatic heterocycles. The number of aliphatic hydroxyl groups is 1. The molecule has 0 saturated carbocycles. The monoisotopic (exact) mass is 399 g/mol. The number of aromatic nitrogens is 1. The molecule has 1 aromatic heterocycles. The van der Waals surface area contributed by atoms with Gasteiger partial charge in [0.15, 0.2) is 6.04 Å². The van der Waals surface area contributed by atoms with Crippen molar-refractivity contribution in [1.82, 2.24) is 15.6 Å². The van der Waals surface area contributed by atoms with Gasteiger partial charge in [-0.15, -0.1) is 0 Å². The average Bonchev–Trinajstić information content (AvgIpc) is 2.55. The Labute approximate surface area is 162 Å². The van der Waals surface area contributed by atoms with Crippen LogP contribution in [-0.4, -0.2) is 52.4 Å². The number of rotatable bonds is 7. The van der Waals surface area contributed by atoms with Crippen LogP contribution in [0.2, 0.25) is 0 Å². The van der Waals surface area contributed by atoms with E-state index in [1.807, 2.05) is 0 Å². The number of halogens is 1. The fraction of sp³-hybridized carbons (Fsp3) is 0.556. The van der Waals surface area contributed by atoms with Crippen LogP contribution in [0.25, 0.3) is 0 Å². The molecule has 1 aromatic rings. The second-order valence-electron chi connectivity index (χ2n) is 6.96. The molecular formula is C18H26FN3O6. The van der Waals surface area contributed by atoms with Crippen molar-refractivity contribution >= 4 is 18.0 Å². The average molecular weight is 399 g/mol. The second kappa shape index (κ2) is 9.98. The molecule has 2 amide bonds. The summed E-state index contributed by atoms with van der Waals surface area (Å²) in [5.74, 6) is -2.46. The van der Waals surface area contributed by atoms with E-state index in [1.54, 1.807) is 27.7 Å². The molecule has 0 bridgehead atoms. The van der Waals surface area contributed by atoms with E-state index >= 15 is 0 Å². The molecule has 2 atom stereocenters. The number of hydrogen-bond acceptors (Lipinski definition) is 7. The molecule has 0 aliphatic carbocycles. The fourth-order valence-electron chi connectivity index (χ4n) is 2.06. The van der Waals surface area contributed by atoms with E-state index in [2.05, 4.69) is 15.6 Å². The fourth-order valence-corrected chi connectivity index (χ4v) is 2.06. The molecule has 1 rings (SSSR count). The van der Waals surface area contributed by atoms with Gasteiger partial charge in [0, 0.05) is 6.07 Å². The number of nitrogens with zero attached hydrogens (tertiary/aromatic N) is 1. The number of aliphatic hydroxyl groups excluding tert-OH is 1. The second-order valence-corrected chi connectivity index (χ2v) is 6.96. The maximum Gasteiger partial charge on any atom is 0.407 e.